The van der Waals surface area contributed by atoms with E-state index in [1.54, 1.807) is 24.3 Å². The van der Waals surface area contributed by atoms with Gasteiger partial charge in [0.25, 0.3) is 10.0 Å². The first-order chi connectivity index (χ1) is 21.2. The van der Waals surface area contributed by atoms with Gasteiger partial charge in [0.15, 0.2) is 0 Å². The molecule has 45 heavy (non-hydrogen) atoms. The van der Waals surface area contributed by atoms with Crippen LogP contribution in [0.25, 0.3) is 0 Å². The Hall–Kier alpha value is -3.95. The first kappa shape index (κ1) is 33.9. The summed E-state index contributed by atoms with van der Waals surface area (Å²) in [7, 11) is -4.16. The van der Waals surface area contributed by atoms with Crippen LogP contribution in [0.15, 0.2) is 112 Å². The maximum Gasteiger partial charge on any atom is 0.264 e. The zero-order chi connectivity index (χ0) is 32.8. The molecule has 236 valence electrons. The van der Waals surface area contributed by atoms with Gasteiger partial charge in [-0.25, -0.2) is 8.42 Å². The largest absolute Gasteiger partial charge is 0.350 e. The van der Waals surface area contributed by atoms with Gasteiger partial charge < -0.3 is 10.2 Å². The van der Waals surface area contributed by atoms with Gasteiger partial charge >= 0.3 is 0 Å². The van der Waals surface area contributed by atoms with E-state index in [4.69, 9.17) is 0 Å². The molecule has 1 unspecified atom stereocenters. The average molecular weight is 691 g/mol. The van der Waals surface area contributed by atoms with Crippen molar-refractivity contribution in [3.05, 3.63) is 130 Å². The molecule has 1 atom stereocenters. The molecule has 4 aromatic carbocycles. The molecule has 2 amide bonds. The standard InChI is InChI=1S/C36H40BrN3O4S/c1-26-19-20-27(2)32(21-26)40(45(43,44)31-17-10-7-11-18-31)25-34(41)39(24-29-15-12-16-30(37)22-29)33(35(42)38-36(3,4)5)23-28-13-8-6-9-14-28/h6-22,33H,23-25H2,1-5H3,(H,38,42). The summed E-state index contributed by atoms with van der Waals surface area (Å²) in [6.45, 7) is 8.97. The highest BCUT2D eigenvalue weighted by Crippen LogP contribution is 2.29. The summed E-state index contributed by atoms with van der Waals surface area (Å²) < 4.78 is 30.4. The van der Waals surface area contributed by atoms with Gasteiger partial charge in [-0.1, -0.05) is 88.7 Å². The first-order valence-electron chi connectivity index (χ1n) is 14.8. The fraction of sp³-hybridized carbons (Fsp3) is 0.278. The Morgan fingerprint density at radius 2 is 1.44 bits per heavy atom. The maximum atomic E-state index is 14.6. The lowest BCUT2D eigenvalue weighted by Gasteiger charge is -2.35. The topological polar surface area (TPSA) is 86.8 Å². The molecule has 0 bridgehead atoms. The number of nitrogens with zero attached hydrogens (tertiary/aromatic N) is 2. The quantitative estimate of drug-likeness (QED) is 0.187. The Morgan fingerprint density at radius 3 is 2.07 bits per heavy atom. The van der Waals surface area contributed by atoms with Crippen molar-refractivity contribution >= 4 is 43.5 Å². The van der Waals surface area contributed by atoms with Gasteiger partial charge in [0.05, 0.1) is 10.6 Å². The zero-order valence-electron chi connectivity index (χ0n) is 26.3. The average Bonchev–Trinajstić information content (AvgIpc) is 2.99. The smallest absolute Gasteiger partial charge is 0.264 e. The van der Waals surface area contributed by atoms with Crippen molar-refractivity contribution in [2.24, 2.45) is 0 Å². The van der Waals surface area contributed by atoms with Crippen LogP contribution >= 0.6 is 15.9 Å². The van der Waals surface area contributed by atoms with Crippen LogP contribution in [0.3, 0.4) is 0 Å². The lowest BCUT2D eigenvalue weighted by atomic mass is 10.0. The molecule has 9 heteroatoms. The molecular weight excluding hydrogens is 650 g/mol. The van der Waals surface area contributed by atoms with E-state index in [9.17, 15) is 18.0 Å². The third-order valence-electron chi connectivity index (χ3n) is 7.25. The van der Waals surface area contributed by atoms with Gasteiger partial charge in [0.2, 0.25) is 11.8 Å². The van der Waals surface area contributed by atoms with Crippen LogP contribution in [0, 0.1) is 13.8 Å². The minimum Gasteiger partial charge on any atom is -0.350 e. The van der Waals surface area contributed by atoms with Crippen LogP contribution in [0.2, 0.25) is 0 Å². The van der Waals surface area contributed by atoms with E-state index in [-0.39, 0.29) is 23.8 Å². The summed E-state index contributed by atoms with van der Waals surface area (Å²) in [6.07, 6.45) is 0.247. The highest BCUT2D eigenvalue weighted by molar-refractivity contribution is 9.10. The van der Waals surface area contributed by atoms with E-state index in [2.05, 4.69) is 21.2 Å². The molecule has 0 saturated heterocycles. The predicted molar refractivity (Wildman–Crippen MR) is 183 cm³/mol. The van der Waals surface area contributed by atoms with Gasteiger partial charge in [-0.15, -0.1) is 0 Å². The summed E-state index contributed by atoms with van der Waals surface area (Å²) >= 11 is 3.52. The third kappa shape index (κ3) is 9.05. The number of carbonyl (C=O) groups excluding carboxylic acids is 2. The number of aryl methyl sites for hydroxylation is 2. The second kappa shape index (κ2) is 14.4. The predicted octanol–water partition coefficient (Wildman–Crippen LogP) is 6.82. The Balaban J connectivity index is 1.84. The second-order valence-electron chi connectivity index (χ2n) is 12.2. The van der Waals surface area contributed by atoms with Crippen LogP contribution in [0.4, 0.5) is 5.69 Å². The summed E-state index contributed by atoms with van der Waals surface area (Å²) in [5.74, 6) is -0.820. The summed E-state index contributed by atoms with van der Waals surface area (Å²) in [5.41, 5.74) is 3.09. The van der Waals surface area contributed by atoms with Crippen molar-refractivity contribution < 1.29 is 18.0 Å². The molecule has 0 aromatic heterocycles. The molecule has 0 aliphatic rings. The van der Waals surface area contributed by atoms with Crippen molar-refractivity contribution in [3.63, 3.8) is 0 Å². The first-order valence-corrected chi connectivity index (χ1v) is 17.0. The van der Waals surface area contributed by atoms with Gasteiger partial charge in [-0.3, -0.25) is 13.9 Å². The number of nitrogens with one attached hydrogen (secondary N) is 1. The lowest BCUT2D eigenvalue weighted by molar-refractivity contribution is -0.140. The minimum atomic E-state index is -4.16. The molecule has 0 heterocycles. The number of hydrogen-bond donors (Lipinski definition) is 1. The molecule has 0 aliphatic heterocycles. The fourth-order valence-electron chi connectivity index (χ4n) is 5.06. The molecular formula is C36H40BrN3O4S. The summed E-state index contributed by atoms with van der Waals surface area (Å²) in [6, 6.07) is 29.7. The number of sulfonamides is 1. The van der Waals surface area contributed by atoms with E-state index in [1.807, 2.05) is 101 Å². The number of amides is 2. The molecule has 0 saturated carbocycles. The molecule has 1 N–H and O–H groups in total. The fourth-order valence-corrected chi connectivity index (χ4v) is 7.00. The molecule has 7 nitrogen and oxygen atoms in total. The molecule has 4 aromatic rings. The van der Waals surface area contributed by atoms with Crippen LogP contribution in [0.5, 0.6) is 0 Å². The molecule has 4 rings (SSSR count). The maximum absolute atomic E-state index is 14.6. The number of halogens is 1. The SMILES string of the molecule is Cc1ccc(C)c(N(CC(=O)N(Cc2cccc(Br)c2)C(Cc2ccccc2)C(=O)NC(C)(C)C)S(=O)(=O)c2ccccc2)c1. The van der Waals surface area contributed by atoms with Crippen molar-refractivity contribution in [1.29, 1.82) is 0 Å². The van der Waals surface area contributed by atoms with Crippen LogP contribution in [-0.2, 0) is 32.6 Å². The second-order valence-corrected chi connectivity index (χ2v) is 15.0. The lowest BCUT2D eigenvalue weighted by Crippen LogP contribution is -2.56. The molecule has 0 aliphatic carbocycles. The third-order valence-corrected chi connectivity index (χ3v) is 9.52. The Morgan fingerprint density at radius 1 is 0.822 bits per heavy atom. The highest BCUT2D eigenvalue weighted by atomic mass is 79.9. The van der Waals surface area contributed by atoms with Crippen LogP contribution in [-0.4, -0.2) is 43.3 Å². The number of carbonyl (C=O) groups is 2. The Labute approximate surface area is 275 Å². The molecule has 0 radical (unpaired) electrons. The molecule has 0 spiro atoms. The summed E-state index contributed by atoms with van der Waals surface area (Å²) in [5, 5.41) is 3.06. The van der Waals surface area contributed by atoms with Crippen molar-refractivity contribution in [2.75, 3.05) is 10.8 Å². The van der Waals surface area contributed by atoms with E-state index >= 15 is 0 Å². The summed E-state index contributed by atoms with van der Waals surface area (Å²) in [4.78, 5) is 30.2. The van der Waals surface area contributed by atoms with Crippen LogP contribution in [0.1, 0.15) is 43.0 Å². The monoisotopic (exact) mass is 689 g/mol. The Bertz CT molecular complexity index is 1740. The number of rotatable bonds is 11. The highest BCUT2D eigenvalue weighted by Gasteiger charge is 2.36. The van der Waals surface area contributed by atoms with Gasteiger partial charge in [0, 0.05) is 23.0 Å². The normalized spacial score (nSPS) is 12.3. The van der Waals surface area contributed by atoms with Crippen molar-refractivity contribution in [2.45, 2.75) is 64.1 Å². The van der Waals surface area contributed by atoms with Crippen LogP contribution < -0.4 is 9.62 Å². The minimum absolute atomic E-state index is 0.0727. The van der Waals surface area contributed by atoms with Crippen molar-refractivity contribution in [1.82, 2.24) is 10.2 Å². The van der Waals surface area contributed by atoms with Crippen molar-refractivity contribution in [3.8, 4) is 0 Å². The zero-order valence-corrected chi connectivity index (χ0v) is 28.7. The van der Waals surface area contributed by atoms with E-state index in [0.717, 1.165) is 21.2 Å². The van der Waals surface area contributed by atoms with E-state index in [0.29, 0.717) is 11.3 Å². The number of hydrogen-bond acceptors (Lipinski definition) is 4. The van der Waals surface area contributed by atoms with Gasteiger partial charge in [-0.2, -0.15) is 0 Å². The van der Waals surface area contributed by atoms with Gasteiger partial charge in [0.1, 0.15) is 12.6 Å². The van der Waals surface area contributed by atoms with Gasteiger partial charge in [-0.05, 0) is 87.2 Å². The Kier molecular flexibility index (Phi) is 10.9. The molecule has 0 fully saturated rings. The van der Waals surface area contributed by atoms with E-state index in [1.165, 1.54) is 21.3 Å². The number of anilines is 1. The number of benzene rings is 4. The van der Waals surface area contributed by atoms with E-state index < -0.39 is 34.1 Å².